The number of aromatic carboxylic acids is 1. The molecule has 0 atom stereocenters. The summed E-state index contributed by atoms with van der Waals surface area (Å²) in [6, 6.07) is 15.9. The van der Waals surface area contributed by atoms with Crippen LogP contribution in [0.2, 0.25) is 0 Å². The number of nitrogens with zero attached hydrogens (tertiary/aromatic N) is 2. The molecule has 0 radical (unpaired) electrons. The van der Waals surface area contributed by atoms with Crippen LogP contribution in [0, 0.1) is 16.7 Å². The van der Waals surface area contributed by atoms with Crippen LogP contribution < -0.4 is 11.2 Å². The average molecular weight is 353 g/mol. The number of thioether (sulfide) groups is 1. The third kappa shape index (κ3) is 5.09. The van der Waals surface area contributed by atoms with E-state index < -0.39 is 11.8 Å². The van der Waals surface area contributed by atoms with Gasteiger partial charge in [-0.2, -0.15) is 10.4 Å². The topological polar surface area (TPSA) is 135 Å². The van der Waals surface area contributed by atoms with E-state index in [-0.39, 0.29) is 11.3 Å². The Balaban J connectivity index is 2.01. The van der Waals surface area contributed by atoms with Crippen molar-refractivity contribution in [3.8, 4) is 6.07 Å². The Kier molecular flexibility index (Phi) is 6.14. The van der Waals surface area contributed by atoms with Crippen LogP contribution in [0.5, 0.6) is 0 Å². The fraction of sp³-hybridized carbons (Fsp3) is 0.0588. The molecule has 0 aliphatic rings. The molecule has 0 aliphatic carbocycles. The molecule has 7 nitrogen and oxygen atoms in total. The molecule has 0 amide bonds. The van der Waals surface area contributed by atoms with E-state index in [1.807, 2.05) is 18.2 Å². The number of hydrogen-bond acceptors (Lipinski definition) is 6. The first kappa shape index (κ1) is 18.0. The van der Waals surface area contributed by atoms with Crippen molar-refractivity contribution in [2.45, 2.75) is 10.6 Å². The maximum atomic E-state index is 11.2. The molecule has 25 heavy (non-hydrogen) atoms. The second kappa shape index (κ2) is 8.52. The number of nitrogens with two attached hydrogens (primary N) is 1. The van der Waals surface area contributed by atoms with Crippen molar-refractivity contribution in [1.82, 2.24) is 0 Å². The maximum absolute atomic E-state index is 11.2. The predicted molar refractivity (Wildman–Crippen MR) is 98.0 cm³/mol. The van der Waals surface area contributed by atoms with E-state index in [0.717, 1.165) is 5.56 Å². The fourth-order valence-electron chi connectivity index (χ4n) is 1.87. The minimum Gasteiger partial charge on any atom is -0.478 e. The van der Waals surface area contributed by atoms with Gasteiger partial charge in [-0.15, -0.1) is 11.8 Å². The molecule has 0 spiro atoms. The number of carbonyl (C=O) groups is 1. The Labute approximate surface area is 148 Å². The molecule has 0 saturated carbocycles. The molecule has 0 bridgehead atoms. The molecule has 0 heterocycles. The van der Waals surface area contributed by atoms with Crippen LogP contribution in [0.4, 0.5) is 5.69 Å². The Morgan fingerprint density at radius 2 is 1.96 bits per heavy atom. The minimum absolute atomic E-state index is 0.190. The van der Waals surface area contributed by atoms with Crippen molar-refractivity contribution in [1.29, 1.82) is 10.7 Å². The quantitative estimate of drug-likeness (QED) is 0.261. The molecule has 0 saturated heterocycles. The molecule has 0 unspecified atom stereocenters. The van der Waals surface area contributed by atoms with Gasteiger partial charge in [0.15, 0.2) is 5.84 Å². The zero-order valence-corrected chi connectivity index (χ0v) is 13.9. The highest BCUT2D eigenvalue weighted by Crippen LogP contribution is 2.26. The van der Waals surface area contributed by atoms with Gasteiger partial charge < -0.3 is 10.8 Å². The summed E-state index contributed by atoms with van der Waals surface area (Å²) in [5.41, 5.74) is 9.62. The van der Waals surface area contributed by atoms with Crippen molar-refractivity contribution in [3.05, 3.63) is 59.7 Å². The first-order valence-corrected chi connectivity index (χ1v) is 8.12. The molecule has 8 heteroatoms. The number of nitriles is 1. The molecule has 2 rings (SSSR count). The lowest BCUT2D eigenvalue weighted by atomic mass is 10.2. The lowest BCUT2D eigenvalue weighted by Crippen LogP contribution is -2.21. The number of rotatable bonds is 7. The Morgan fingerprint density at radius 3 is 2.56 bits per heavy atom. The molecular formula is C17H15N5O2S. The standard InChI is InChI=1S/C17H15N5O2S/c18-9-14(16(19)20)22-21-12-7-5-11(6-8-12)10-25-15-4-2-1-3-13(15)17(23)24/h1-8,21H,10H2,(H3,19,20)(H,23,24)/b22-14+. The zero-order chi connectivity index (χ0) is 18.2. The Hall–Kier alpha value is -3.31. The van der Waals surface area contributed by atoms with Crippen molar-refractivity contribution < 1.29 is 9.90 Å². The zero-order valence-electron chi connectivity index (χ0n) is 13.1. The number of carboxylic acid groups (broad SMARTS) is 1. The Morgan fingerprint density at radius 1 is 1.28 bits per heavy atom. The SMILES string of the molecule is N#C/C(=N\Nc1ccc(CSc2ccccc2C(=O)O)cc1)C(=N)N. The van der Waals surface area contributed by atoms with Crippen LogP contribution in [0.15, 0.2) is 58.5 Å². The first-order valence-electron chi connectivity index (χ1n) is 7.13. The van der Waals surface area contributed by atoms with Crippen molar-refractivity contribution in [2.75, 3.05) is 5.43 Å². The van der Waals surface area contributed by atoms with Gasteiger partial charge in [-0.1, -0.05) is 24.3 Å². The Bertz CT molecular complexity index is 856. The van der Waals surface area contributed by atoms with Gasteiger partial charge in [0.05, 0.1) is 11.3 Å². The second-order valence-electron chi connectivity index (χ2n) is 4.88. The van der Waals surface area contributed by atoms with E-state index in [1.165, 1.54) is 11.8 Å². The molecular weight excluding hydrogens is 338 g/mol. The third-order valence-corrected chi connectivity index (χ3v) is 4.27. The summed E-state index contributed by atoms with van der Waals surface area (Å²) in [6.45, 7) is 0. The second-order valence-corrected chi connectivity index (χ2v) is 5.90. The highest BCUT2D eigenvalue weighted by atomic mass is 32.2. The molecule has 2 aromatic rings. The number of anilines is 1. The average Bonchev–Trinajstić information content (AvgIpc) is 2.61. The van der Waals surface area contributed by atoms with Crippen LogP contribution in [-0.2, 0) is 5.75 Å². The van der Waals surface area contributed by atoms with E-state index in [2.05, 4.69) is 10.5 Å². The monoisotopic (exact) mass is 353 g/mol. The highest BCUT2D eigenvalue weighted by Gasteiger charge is 2.09. The fourth-order valence-corrected chi connectivity index (χ4v) is 2.87. The number of hydrogen-bond donors (Lipinski definition) is 4. The van der Waals surface area contributed by atoms with E-state index >= 15 is 0 Å². The lowest BCUT2D eigenvalue weighted by molar-refractivity contribution is 0.0693. The van der Waals surface area contributed by atoms with E-state index in [0.29, 0.717) is 16.3 Å². The van der Waals surface area contributed by atoms with Crippen LogP contribution >= 0.6 is 11.8 Å². The number of carboxylic acids is 1. The van der Waals surface area contributed by atoms with Gasteiger partial charge in [-0.25, -0.2) is 4.79 Å². The lowest BCUT2D eigenvalue weighted by Gasteiger charge is -2.07. The number of amidine groups is 1. The van der Waals surface area contributed by atoms with Gasteiger partial charge in [-0.3, -0.25) is 10.8 Å². The van der Waals surface area contributed by atoms with Crippen molar-refractivity contribution >= 4 is 35.0 Å². The van der Waals surface area contributed by atoms with Crippen molar-refractivity contribution in [2.24, 2.45) is 10.8 Å². The van der Waals surface area contributed by atoms with Gasteiger partial charge in [0, 0.05) is 10.6 Å². The summed E-state index contributed by atoms with van der Waals surface area (Å²) in [7, 11) is 0. The van der Waals surface area contributed by atoms with Gasteiger partial charge in [0.2, 0.25) is 5.71 Å². The number of nitrogens with one attached hydrogen (secondary N) is 2. The number of hydrazone groups is 1. The molecule has 0 fully saturated rings. The third-order valence-electron chi connectivity index (χ3n) is 3.12. The van der Waals surface area contributed by atoms with E-state index in [1.54, 1.807) is 36.4 Å². The smallest absolute Gasteiger partial charge is 0.336 e. The van der Waals surface area contributed by atoms with Crippen LogP contribution in [0.1, 0.15) is 15.9 Å². The summed E-state index contributed by atoms with van der Waals surface area (Å²) >= 11 is 1.44. The molecule has 5 N–H and O–H groups in total. The molecule has 126 valence electrons. The summed E-state index contributed by atoms with van der Waals surface area (Å²) in [4.78, 5) is 11.9. The summed E-state index contributed by atoms with van der Waals surface area (Å²) in [5.74, 6) is -0.732. The van der Waals surface area contributed by atoms with Crippen LogP contribution in [0.25, 0.3) is 0 Å². The molecule has 0 aliphatic heterocycles. The largest absolute Gasteiger partial charge is 0.478 e. The first-order chi connectivity index (χ1) is 12.0. The predicted octanol–water partition coefficient (Wildman–Crippen LogP) is 2.90. The van der Waals surface area contributed by atoms with Crippen LogP contribution in [0.3, 0.4) is 0 Å². The highest BCUT2D eigenvalue weighted by molar-refractivity contribution is 7.98. The maximum Gasteiger partial charge on any atom is 0.336 e. The van der Waals surface area contributed by atoms with Crippen molar-refractivity contribution in [3.63, 3.8) is 0 Å². The van der Waals surface area contributed by atoms with E-state index in [9.17, 15) is 9.90 Å². The minimum atomic E-state index is -0.945. The molecule has 0 aromatic heterocycles. The van der Waals surface area contributed by atoms with Gasteiger partial charge in [-0.05, 0) is 29.8 Å². The summed E-state index contributed by atoms with van der Waals surface area (Å²) in [5, 5.41) is 28.9. The summed E-state index contributed by atoms with van der Waals surface area (Å²) in [6.07, 6.45) is 0. The van der Waals surface area contributed by atoms with Crippen LogP contribution in [-0.4, -0.2) is 22.6 Å². The van der Waals surface area contributed by atoms with Gasteiger partial charge >= 0.3 is 5.97 Å². The van der Waals surface area contributed by atoms with Gasteiger partial charge in [0.25, 0.3) is 0 Å². The number of benzene rings is 2. The van der Waals surface area contributed by atoms with E-state index in [4.69, 9.17) is 16.4 Å². The van der Waals surface area contributed by atoms with Gasteiger partial charge in [0.1, 0.15) is 6.07 Å². The normalized spacial score (nSPS) is 10.8. The molecule has 2 aromatic carbocycles. The summed E-state index contributed by atoms with van der Waals surface area (Å²) < 4.78 is 0.